The number of hydrogen-bond donors (Lipinski definition) is 3. The number of phosphoric ester groups is 1. The van der Waals surface area contributed by atoms with E-state index in [0.29, 0.717) is 12.8 Å². The molecule has 0 radical (unpaired) electrons. The number of allylic oxidation sites excluding steroid dienone is 12. The van der Waals surface area contributed by atoms with Crippen LogP contribution in [-0.2, 0) is 32.7 Å². The number of carbonyl (C=O) groups is 2. The van der Waals surface area contributed by atoms with E-state index in [-0.39, 0.29) is 19.4 Å². The molecule has 11 heteroatoms. The molecule has 3 N–H and O–H groups in total. The third-order valence-electron chi connectivity index (χ3n) is 9.33. The van der Waals surface area contributed by atoms with Gasteiger partial charge in [0.1, 0.15) is 12.7 Å². The van der Waals surface area contributed by atoms with E-state index in [1.165, 1.54) is 70.6 Å². The van der Waals surface area contributed by atoms with Crippen molar-refractivity contribution in [1.29, 1.82) is 0 Å². The van der Waals surface area contributed by atoms with Crippen molar-refractivity contribution in [2.45, 2.75) is 193 Å². The fourth-order valence-corrected chi connectivity index (χ4v) is 6.56. The van der Waals surface area contributed by atoms with Crippen LogP contribution in [0, 0.1) is 0 Å². The van der Waals surface area contributed by atoms with Gasteiger partial charge in [-0.2, -0.15) is 0 Å². The highest BCUT2D eigenvalue weighted by atomic mass is 31.2. The number of phosphoric acid groups is 1. The van der Waals surface area contributed by atoms with Gasteiger partial charge >= 0.3 is 19.8 Å². The van der Waals surface area contributed by atoms with E-state index >= 15 is 0 Å². The summed E-state index contributed by atoms with van der Waals surface area (Å²) in [4.78, 5) is 35.0. The van der Waals surface area contributed by atoms with E-state index in [9.17, 15) is 24.2 Å². The fraction of sp³-hybridized carbons (Fsp3) is 0.708. The average Bonchev–Trinajstić information content (AvgIpc) is 3.22. The molecule has 0 fully saturated rings. The maximum absolute atomic E-state index is 12.6. The van der Waals surface area contributed by atoms with Crippen LogP contribution in [0.2, 0.25) is 0 Å². The van der Waals surface area contributed by atoms with E-state index in [1.54, 1.807) is 0 Å². The van der Waals surface area contributed by atoms with Gasteiger partial charge in [-0.3, -0.25) is 18.6 Å². The van der Waals surface area contributed by atoms with Gasteiger partial charge < -0.3 is 24.6 Å². The summed E-state index contributed by atoms with van der Waals surface area (Å²) < 4.78 is 32.7. The molecule has 0 aromatic carbocycles. The first-order valence-corrected chi connectivity index (χ1v) is 24.4. The molecule has 59 heavy (non-hydrogen) atoms. The predicted octanol–water partition coefficient (Wildman–Crippen LogP) is 12.4. The molecule has 0 bridgehead atoms. The molecule has 0 saturated heterocycles. The molecule has 0 aliphatic heterocycles. The highest BCUT2D eigenvalue weighted by Crippen LogP contribution is 2.43. The third-order valence-corrected chi connectivity index (χ3v) is 10.3. The lowest BCUT2D eigenvalue weighted by molar-refractivity contribution is -0.161. The molecule has 340 valence electrons. The Bertz CT molecular complexity index is 1210. The summed E-state index contributed by atoms with van der Waals surface area (Å²) in [7, 11) is -4.63. The Hall–Kier alpha value is -2.59. The average molecular weight is 851 g/mol. The van der Waals surface area contributed by atoms with Gasteiger partial charge in [0.2, 0.25) is 0 Å². The highest BCUT2D eigenvalue weighted by Gasteiger charge is 2.27. The molecule has 0 spiro atoms. The molecule has 0 heterocycles. The molecule has 1 unspecified atom stereocenters. The molecule has 10 nitrogen and oxygen atoms in total. The van der Waals surface area contributed by atoms with E-state index in [0.717, 1.165) is 70.6 Å². The van der Waals surface area contributed by atoms with Crippen LogP contribution in [0.4, 0.5) is 0 Å². The van der Waals surface area contributed by atoms with Crippen molar-refractivity contribution in [3.8, 4) is 0 Å². The van der Waals surface area contributed by atoms with Gasteiger partial charge in [-0.25, -0.2) is 4.57 Å². The summed E-state index contributed by atoms with van der Waals surface area (Å²) in [5.74, 6) is -0.974. The maximum Gasteiger partial charge on any atom is 0.472 e. The number of esters is 2. The van der Waals surface area contributed by atoms with Crippen molar-refractivity contribution in [1.82, 2.24) is 0 Å². The van der Waals surface area contributed by atoms with E-state index in [1.807, 2.05) is 0 Å². The van der Waals surface area contributed by atoms with Crippen LogP contribution in [0.5, 0.6) is 0 Å². The lowest BCUT2D eigenvalue weighted by Crippen LogP contribution is -2.29. The summed E-state index contributed by atoms with van der Waals surface area (Å²) in [6.07, 6.45) is 50.0. The summed E-state index contributed by atoms with van der Waals surface area (Å²) in [5.41, 5.74) is 0. The summed E-state index contributed by atoms with van der Waals surface area (Å²) in [5, 5.41) is 18.4. The van der Waals surface area contributed by atoms with Crippen molar-refractivity contribution < 1.29 is 47.8 Å². The lowest BCUT2D eigenvalue weighted by atomic mass is 10.1. The molecule has 0 amide bonds. The normalized spacial score (nSPS) is 14.5. The molecule has 0 aromatic heterocycles. The minimum absolute atomic E-state index is 0.141. The van der Waals surface area contributed by atoms with Crippen LogP contribution in [0.3, 0.4) is 0 Å². The number of aliphatic hydroxyl groups is 2. The summed E-state index contributed by atoms with van der Waals surface area (Å²) >= 11 is 0. The van der Waals surface area contributed by atoms with E-state index in [2.05, 4.69) is 86.8 Å². The predicted molar refractivity (Wildman–Crippen MR) is 242 cm³/mol. The number of carbonyl (C=O) groups excluding carboxylic acids is 2. The van der Waals surface area contributed by atoms with E-state index in [4.69, 9.17) is 23.6 Å². The van der Waals surface area contributed by atoms with Gasteiger partial charge in [-0.05, 0) is 89.9 Å². The lowest BCUT2D eigenvalue weighted by Gasteiger charge is -2.20. The second kappa shape index (κ2) is 43.5. The van der Waals surface area contributed by atoms with Crippen LogP contribution >= 0.6 is 7.82 Å². The molecule has 0 aromatic rings. The zero-order valence-electron chi connectivity index (χ0n) is 36.9. The van der Waals surface area contributed by atoms with Gasteiger partial charge in [0.15, 0.2) is 6.10 Å². The topological polar surface area (TPSA) is 149 Å². The Kier molecular flexibility index (Phi) is 41.6. The standard InChI is InChI=1S/C48H83O10P/c1-3-5-7-9-11-13-15-17-19-21-22-24-26-28-30-32-34-36-38-40-48(52)58-46(44-57-59(53,54)56-42-45(50)41-49)43-55-47(51)39-37-35-33-31-29-27-25-23-20-18-16-14-12-10-8-6-4-2/h11-14,17-20,22,24,28,30,45-46,49-50H,3-10,15-16,21,23,25-27,29,31-44H2,1-2H3,(H,53,54)/b13-11+,14-12+,19-17+,20-18+,24-22+,30-28+/t45-,46+/m0/s1. The van der Waals surface area contributed by atoms with E-state index < -0.39 is 51.8 Å². The van der Waals surface area contributed by atoms with Crippen molar-refractivity contribution in [2.24, 2.45) is 0 Å². The van der Waals surface area contributed by atoms with Crippen LogP contribution in [0.1, 0.15) is 181 Å². The maximum atomic E-state index is 12.6. The van der Waals surface area contributed by atoms with Crippen LogP contribution < -0.4 is 0 Å². The Balaban J connectivity index is 4.36. The molecule has 0 aliphatic carbocycles. The van der Waals surface area contributed by atoms with Crippen LogP contribution in [0.25, 0.3) is 0 Å². The summed E-state index contributed by atoms with van der Waals surface area (Å²) in [6.45, 7) is 2.28. The monoisotopic (exact) mass is 851 g/mol. The minimum atomic E-state index is -4.63. The Morgan fingerprint density at radius 1 is 0.508 bits per heavy atom. The molecule has 3 atom stereocenters. The Morgan fingerprint density at radius 2 is 0.881 bits per heavy atom. The fourth-order valence-electron chi connectivity index (χ4n) is 5.77. The van der Waals surface area contributed by atoms with Gasteiger partial charge in [-0.15, -0.1) is 0 Å². The van der Waals surface area contributed by atoms with Gasteiger partial charge in [0, 0.05) is 12.8 Å². The molecule has 0 aliphatic rings. The number of unbranched alkanes of at least 4 members (excludes halogenated alkanes) is 16. The quantitative estimate of drug-likeness (QED) is 0.0234. The third kappa shape index (κ3) is 43.3. The highest BCUT2D eigenvalue weighted by molar-refractivity contribution is 7.47. The number of rotatable bonds is 42. The number of hydrogen-bond acceptors (Lipinski definition) is 9. The first-order chi connectivity index (χ1) is 28.7. The smallest absolute Gasteiger partial charge is 0.462 e. The number of ether oxygens (including phenoxy) is 2. The first-order valence-electron chi connectivity index (χ1n) is 22.9. The largest absolute Gasteiger partial charge is 0.472 e. The molecular formula is C48H83O10P. The van der Waals surface area contributed by atoms with Gasteiger partial charge in [0.05, 0.1) is 19.8 Å². The minimum Gasteiger partial charge on any atom is -0.462 e. The molecule has 0 rings (SSSR count). The zero-order chi connectivity index (χ0) is 43.3. The van der Waals surface area contributed by atoms with Crippen molar-refractivity contribution >= 4 is 19.8 Å². The molecule has 0 saturated carbocycles. The second-order valence-corrected chi connectivity index (χ2v) is 16.5. The van der Waals surface area contributed by atoms with Crippen molar-refractivity contribution in [2.75, 3.05) is 26.4 Å². The van der Waals surface area contributed by atoms with Crippen LogP contribution in [0.15, 0.2) is 72.9 Å². The number of aliphatic hydroxyl groups excluding tert-OH is 2. The second-order valence-electron chi connectivity index (χ2n) is 15.1. The molecular weight excluding hydrogens is 767 g/mol. The van der Waals surface area contributed by atoms with Crippen molar-refractivity contribution in [3.63, 3.8) is 0 Å². The van der Waals surface area contributed by atoms with Crippen LogP contribution in [-0.4, -0.2) is 65.7 Å². The van der Waals surface area contributed by atoms with Gasteiger partial charge in [-0.1, -0.05) is 151 Å². The Labute approximate surface area is 358 Å². The zero-order valence-corrected chi connectivity index (χ0v) is 37.8. The summed E-state index contributed by atoms with van der Waals surface area (Å²) in [6, 6.07) is 0. The SMILES string of the molecule is CCCCC/C=C/C/C=C/C/C=C/C/C=C/CCCCCC(=O)O[C@H](COC(=O)CCCCCCCCC/C=C/C/C=C/CCCCC)COP(=O)(O)OC[C@@H](O)CO. The van der Waals surface area contributed by atoms with Gasteiger partial charge in [0.25, 0.3) is 0 Å². The first kappa shape index (κ1) is 56.4. The van der Waals surface area contributed by atoms with Crippen molar-refractivity contribution in [3.05, 3.63) is 72.9 Å². The Morgan fingerprint density at radius 3 is 1.34 bits per heavy atom.